The van der Waals surface area contributed by atoms with Crippen LogP contribution >= 0.6 is 0 Å². The van der Waals surface area contributed by atoms with Crippen molar-refractivity contribution in [2.75, 3.05) is 7.05 Å². The lowest BCUT2D eigenvalue weighted by molar-refractivity contribution is 0.374. The molecule has 0 amide bonds. The minimum absolute atomic E-state index is 0.332. The number of hydrogen-bond donors (Lipinski definition) is 1. The molecule has 0 aliphatic heterocycles. The third-order valence-electron chi connectivity index (χ3n) is 0.845. The molecule has 0 spiro atoms. The second kappa shape index (κ2) is 8.43. The normalized spacial score (nSPS) is 9.50. The topological polar surface area (TPSA) is 41.6 Å². The summed E-state index contributed by atoms with van der Waals surface area (Å²) < 4.78 is 0. The zero-order valence-corrected chi connectivity index (χ0v) is 7.63. The van der Waals surface area contributed by atoms with Crippen molar-refractivity contribution in [1.29, 1.82) is 0 Å². The fraction of sp³-hybridized carbons (Fsp3) is 0.857. The van der Waals surface area contributed by atoms with Crippen LogP contribution in [0.15, 0.2) is 4.99 Å². The van der Waals surface area contributed by atoms with Gasteiger partial charge in [0.25, 0.3) is 0 Å². The quantitative estimate of drug-likeness (QED) is 0.275. The molecule has 0 fully saturated rings. The Bertz CT molecular complexity index is 78.9. The molecular formula is C7H19N3. The molecule has 3 nitrogen and oxygen atoms in total. The lowest BCUT2D eigenvalue weighted by Gasteiger charge is -2.15. The summed E-state index contributed by atoms with van der Waals surface area (Å²) >= 11 is 0. The molecule has 2 N–H and O–H groups in total. The van der Waals surface area contributed by atoms with Crippen molar-refractivity contribution in [3.05, 3.63) is 0 Å². The highest BCUT2D eigenvalue weighted by atomic mass is 15.4. The highest BCUT2D eigenvalue weighted by Gasteiger charge is 1.94. The van der Waals surface area contributed by atoms with E-state index in [0.29, 0.717) is 6.04 Å². The van der Waals surface area contributed by atoms with Crippen LogP contribution in [-0.4, -0.2) is 24.4 Å². The van der Waals surface area contributed by atoms with Crippen molar-refractivity contribution in [3.63, 3.8) is 0 Å². The van der Waals surface area contributed by atoms with E-state index in [-0.39, 0.29) is 0 Å². The molecule has 0 bridgehead atoms. The second-order valence-electron chi connectivity index (χ2n) is 1.91. The molecule has 0 saturated carbocycles. The van der Waals surface area contributed by atoms with Crippen molar-refractivity contribution in [2.45, 2.75) is 33.7 Å². The van der Waals surface area contributed by atoms with Gasteiger partial charge in [-0.15, -0.1) is 0 Å². The van der Waals surface area contributed by atoms with Gasteiger partial charge in [0.2, 0.25) is 0 Å². The third kappa shape index (κ3) is 7.43. The molecule has 0 aromatic heterocycles. The predicted molar refractivity (Wildman–Crippen MR) is 46.9 cm³/mol. The van der Waals surface area contributed by atoms with Gasteiger partial charge in [0, 0.05) is 13.1 Å². The van der Waals surface area contributed by atoms with Crippen LogP contribution in [0.5, 0.6) is 0 Å². The largest absolute Gasteiger partial charge is 0.299 e. The summed E-state index contributed by atoms with van der Waals surface area (Å²) in [4.78, 5) is 3.73. The molecule has 0 radical (unpaired) electrons. The molecule has 0 saturated heterocycles. The van der Waals surface area contributed by atoms with E-state index in [4.69, 9.17) is 5.84 Å². The Labute approximate surface area is 63.9 Å². The summed E-state index contributed by atoms with van der Waals surface area (Å²) in [5.74, 6) is 5.41. The van der Waals surface area contributed by atoms with E-state index in [1.165, 1.54) is 0 Å². The molecule has 0 heterocycles. The summed E-state index contributed by atoms with van der Waals surface area (Å²) in [5.41, 5.74) is 0. The average Bonchev–Trinajstić information content (AvgIpc) is 1.93. The van der Waals surface area contributed by atoms with Gasteiger partial charge in [-0.05, 0) is 13.8 Å². The van der Waals surface area contributed by atoms with Crippen molar-refractivity contribution >= 4 is 6.34 Å². The van der Waals surface area contributed by atoms with Crippen molar-refractivity contribution < 1.29 is 0 Å². The van der Waals surface area contributed by atoms with Gasteiger partial charge >= 0.3 is 0 Å². The van der Waals surface area contributed by atoms with Crippen molar-refractivity contribution in [2.24, 2.45) is 10.8 Å². The fourth-order valence-electron chi connectivity index (χ4n) is 0.267. The van der Waals surface area contributed by atoms with Crippen LogP contribution in [0.2, 0.25) is 0 Å². The van der Waals surface area contributed by atoms with E-state index in [2.05, 4.69) is 4.99 Å². The molecule has 3 heteroatoms. The van der Waals surface area contributed by atoms with Crippen LogP contribution in [0, 0.1) is 0 Å². The summed E-state index contributed by atoms with van der Waals surface area (Å²) in [7, 11) is 1.70. The SMILES string of the molecule is CC.CN=CN(N)C(C)C. The van der Waals surface area contributed by atoms with Crippen LogP contribution in [0.1, 0.15) is 27.7 Å². The molecule has 0 rings (SSSR count). The molecule has 0 aromatic carbocycles. The molecule has 0 atom stereocenters. The van der Waals surface area contributed by atoms with Crippen LogP contribution in [0.4, 0.5) is 0 Å². The van der Waals surface area contributed by atoms with Crippen LogP contribution < -0.4 is 5.84 Å². The van der Waals surface area contributed by atoms with Gasteiger partial charge in [0.15, 0.2) is 0 Å². The Morgan fingerprint density at radius 1 is 1.40 bits per heavy atom. The van der Waals surface area contributed by atoms with Gasteiger partial charge in [0.1, 0.15) is 0 Å². The van der Waals surface area contributed by atoms with Crippen LogP contribution in [-0.2, 0) is 0 Å². The molecule has 0 aromatic rings. The highest BCUT2D eigenvalue weighted by molar-refractivity contribution is 5.53. The Hall–Kier alpha value is -0.570. The number of hydrogen-bond acceptors (Lipinski definition) is 2. The van der Waals surface area contributed by atoms with Crippen LogP contribution in [0.25, 0.3) is 0 Å². The fourth-order valence-corrected chi connectivity index (χ4v) is 0.267. The maximum Gasteiger partial charge on any atom is 0.0989 e. The predicted octanol–water partition coefficient (Wildman–Crippen LogP) is 1.25. The van der Waals surface area contributed by atoms with E-state index in [0.717, 1.165) is 0 Å². The van der Waals surface area contributed by atoms with Gasteiger partial charge in [-0.3, -0.25) is 10.0 Å². The zero-order chi connectivity index (χ0) is 8.57. The molecule has 10 heavy (non-hydrogen) atoms. The summed E-state index contributed by atoms with van der Waals surface area (Å²) in [6, 6.07) is 0.332. The van der Waals surface area contributed by atoms with Crippen molar-refractivity contribution in [3.8, 4) is 0 Å². The monoisotopic (exact) mass is 145 g/mol. The standard InChI is InChI=1S/C5H13N3.C2H6/c1-5(2)8(6)4-7-3;1-2/h4-5H,6H2,1-3H3;1-2H3. The van der Waals surface area contributed by atoms with Gasteiger partial charge in [-0.1, -0.05) is 13.8 Å². The number of hydrazine groups is 1. The van der Waals surface area contributed by atoms with E-state index in [9.17, 15) is 0 Å². The van der Waals surface area contributed by atoms with Gasteiger partial charge < -0.3 is 0 Å². The zero-order valence-electron chi connectivity index (χ0n) is 7.63. The van der Waals surface area contributed by atoms with E-state index >= 15 is 0 Å². The maximum absolute atomic E-state index is 5.41. The number of aliphatic imine (C=N–C) groups is 1. The van der Waals surface area contributed by atoms with E-state index < -0.39 is 0 Å². The lowest BCUT2D eigenvalue weighted by Crippen LogP contribution is -2.35. The third-order valence-corrected chi connectivity index (χ3v) is 0.845. The van der Waals surface area contributed by atoms with Gasteiger partial charge in [0.05, 0.1) is 6.34 Å². The highest BCUT2D eigenvalue weighted by Crippen LogP contribution is 1.83. The minimum Gasteiger partial charge on any atom is -0.299 e. The molecule has 62 valence electrons. The first-order valence-corrected chi connectivity index (χ1v) is 3.63. The molecular weight excluding hydrogens is 126 g/mol. The van der Waals surface area contributed by atoms with Crippen LogP contribution in [0.3, 0.4) is 0 Å². The lowest BCUT2D eigenvalue weighted by atomic mass is 10.4. The number of rotatable bonds is 2. The average molecular weight is 145 g/mol. The summed E-state index contributed by atoms with van der Waals surface area (Å²) in [5, 5.41) is 1.56. The minimum atomic E-state index is 0.332. The maximum atomic E-state index is 5.41. The molecule has 0 unspecified atom stereocenters. The van der Waals surface area contributed by atoms with Gasteiger partial charge in [-0.2, -0.15) is 0 Å². The number of nitrogens with zero attached hydrogens (tertiary/aromatic N) is 2. The first-order chi connectivity index (χ1) is 4.68. The van der Waals surface area contributed by atoms with E-state index in [1.807, 2.05) is 27.7 Å². The first kappa shape index (κ1) is 12.1. The first-order valence-electron chi connectivity index (χ1n) is 3.63. The second-order valence-corrected chi connectivity index (χ2v) is 1.91. The Kier molecular flexibility index (Phi) is 10.2. The summed E-state index contributed by atoms with van der Waals surface area (Å²) in [6.45, 7) is 8.00. The van der Waals surface area contributed by atoms with Gasteiger partial charge in [-0.25, -0.2) is 5.84 Å². The Morgan fingerprint density at radius 3 is 1.90 bits per heavy atom. The Morgan fingerprint density at radius 2 is 1.80 bits per heavy atom. The molecule has 0 aliphatic carbocycles. The Balaban J connectivity index is 0. The number of nitrogens with two attached hydrogens (primary N) is 1. The van der Waals surface area contributed by atoms with Crippen molar-refractivity contribution in [1.82, 2.24) is 5.01 Å². The smallest absolute Gasteiger partial charge is 0.0989 e. The van der Waals surface area contributed by atoms with E-state index in [1.54, 1.807) is 18.4 Å². The summed E-state index contributed by atoms with van der Waals surface area (Å²) in [6.07, 6.45) is 1.60. The molecule has 0 aliphatic rings.